The van der Waals surface area contributed by atoms with Gasteiger partial charge in [-0.3, -0.25) is 62.3 Å². The fourth-order valence-corrected chi connectivity index (χ4v) is 12.0. The molecular weight excluding hydrogens is 1290 g/mol. The van der Waals surface area contributed by atoms with Crippen LogP contribution in [0.4, 0.5) is 0 Å². The van der Waals surface area contributed by atoms with Crippen LogP contribution in [0.1, 0.15) is 182 Å². The average Bonchev–Trinajstić information content (AvgIpc) is 0.830. The molecule has 0 saturated carbocycles. The molecule has 29 heteroatoms. The summed E-state index contributed by atoms with van der Waals surface area (Å²) in [6.45, 7) is 30.5. The highest BCUT2D eigenvalue weighted by Gasteiger charge is 2.44. The molecule has 1 fully saturated rings. The second kappa shape index (κ2) is 43.4. The third kappa shape index (κ3) is 27.5. The topological polar surface area (TPSA) is 361 Å². The second-order valence-corrected chi connectivity index (χ2v) is 29.3. The molecular formula is C71H127N13O16. The summed E-state index contributed by atoms with van der Waals surface area (Å²) in [5.41, 5.74) is 0. The fraction of sp³-hybridized carbons (Fsp3) is 0.803. The minimum absolute atomic E-state index is 0.0632. The molecule has 0 aromatic rings. The van der Waals surface area contributed by atoms with E-state index in [1.807, 2.05) is 55.4 Å². The molecule has 1 aliphatic heterocycles. The van der Waals surface area contributed by atoms with Crippen LogP contribution in [0.5, 0.6) is 0 Å². The van der Waals surface area contributed by atoms with Crippen LogP contribution in [0.2, 0.25) is 0 Å². The number of ether oxygens (including phenoxy) is 2. The zero-order valence-corrected chi connectivity index (χ0v) is 64.9. The molecule has 0 unspecified atom stereocenters. The summed E-state index contributed by atoms with van der Waals surface area (Å²) in [6, 6.07) is -12.2. The van der Waals surface area contributed by atoms with E-state index < -0.39 is 185 Å². The van der Waals surface area contributed by atoms with Crippen molar-refractivity contribution in [2.45, 2.75) is 249 Å². The van der Waals surface area contributed by atoms with E-state index in [1.165, 1.54) is 87.7 Å². The van der Waals surface area contributed by atoms with Crippen LogP contribution in [0.25, 0.3) is 0 Å². The van der Waals surface area contributed by atoms with Gasteiger partial charge in [-0.15, -0.1) is 0 Å². The van der Waals surface area contributed by atoms with Crippen LogP contribution < -0.4 is 37.2 Å². The Labute approximate surface area is 595 Å². The van der Waals surface area contributed by atoms with E-state index >= 15 is 4.79 Å². The van der Waals surface area contributed by atoms with Crippen molar-refractivity contribution in [3.63, 3.8) is 0 Å². The maximum atomic E-state index is 15.1. The van der Waals surface area contributed by atoms with Gasteiger partial charge in [0.1, 0.15) is 73.1 Å². The van der Waals surface area contributed by atoms with Gasteiger partial charge < -0.3 is 76.1 Å². The first-order chi connectivity index (χ1) is 46.5. The number of hydrogen-bond donors (Lipinski definition) is 7. The van der Waals surface area contributed by atoms with Gasteiger partial charge in [-0.25, -0.2) is 4.79 Å². The summed E-state index contributed by atoms with van der Waals surface area (Å²) < 4.78 is 11.1. The molecule has 14 atom stereocenters. The number of nitrogens with one attached hydrogen (secondary N) is 7. The molecule has 1 aliphatic rings. The van der Waals surface area contributed by atoms with E-state index in [2.05, 4.69) is 37.2 Å². The van der Waals surface area contributed by atoms with Crippen molar-refractivity contribution in [1.29, 1.82) is 0 Å². The van der Waals surface area contributed by atoms with E-state index in [4.69, 9.17) is 9.47 Å². The molecule has 0 bridgehead atoms. The number of cyclic esters (lactones) is 1. The monoisotopic (exact) mass is 1420 g/mol. The SMILES string of the molecule is CC[C@H](C)[C@H]1C(=O)NCCC(=O)N[C@H]([C@@H](C)CC)C(=O)N(C)[C@@H](C(C)C)C(=O)N(C)[C@@H](C)C(=O)NCCC(=O)N[C@H](CC(C)C)C(=O)N(C)[C@H]([C@@H](C)CC)C(=O)O[C@H](C)[C@H](NC(=O)[C@@H](CC(C)C)N(C)C(=O)[C@@H](NC(=O)COC)C(C)C)C(=O)N(C)CCC(=O)N[C@H](CC(C)C)C(=O)N1C. The quantitative estimate of drug-likeness (QED) is 0.0812. The number of esters is 1. The molecule has 1 heterocycles. The Morgan fingerprint density at radius 1 is 0.570 bits per heavy atom. The normalized spacial score (nSPS) is 24.8. The Bertz CT molecular complexity index is 2760. The third-order valence-corrected chi connectivity index (χ3v) is 18.9. The van der Waals surface area contributed by atoms with Crippen LogP contribution in [0, 0.1) is 47.3 Å². The standard InChI is InChI=1S/C71H127N13O16/c1-26-44(14)57-69(96)82(22)59(43(12)13)70(97)80(20)47(17)62(89)72-32-29-52(85)74-50(36-40(6)7)66(93)84(24)61(46(16)28-3)71(98)100-48(18)58(78-63(90)51(37-41(8)9)81(21)68(95)56(42(10)11)77-55(88)38-99-25)67(94)79(19)34-31-54(87)75-49(35-39(4)5)65(92)83(23)60(45(15)27-2)64(91)73-33-30-53(86)76-57/h39-51,56-61H,26-38H2,1-25H3,(H,72,89)(H,73,91)(H,74,85)(H,75,87)(H,76,86)(H,77,88)(H,78,90)/t44-,45-,46-,47-,48+,49+,50+,51+,56-,57+,58-,59-,60-,61+/m0/s1. The number of carbonyl (C=O) groups excluding carboxylic acids is 14. The Kier molecular flexibility index (Phi) is 39.3. The molecule has 0 aliphatic carbocycles. The van der Waals surface area contributed by atoms with Crippen molar-refractivity contribution in [2.24, 2.45) is 47.3 Å². The van der Waals surface area contributed by atoms with Gasteiger partial charge in [-0.05, 0) is 80.5 Å². The Morgan fingerprint density at radius 2 is 1.03 bits per heavy atom. The lowest BCUT2D eigenvalue weighted by Crippen LogP contribution is -2.61. The van der Waals surface area contributed by atoms with Gasteiger partial charge >= 0.3 is 5.97 Å². The van der Waals surface area contributed by atoms with Gasteiger partial charge in [0.15, 0.2) is 0 Å². The Morgan fingerprint density at radius 3 is 1.49 bits per heavy atom. The van der Waals surface area contributed by atoms with Crippen molar-refractivity contribution in [3.05, 3.63) is 0 Å². The number of hydrogen-bond acceptors (Lipinski definition) is 16. The first-order valence-electron chi connectivity index (χ1n) is 35.8. The maximum absolute atomic E-state index is 15.1. The van der Waals surface area contributed by atoms with Crippen molar-refractivity contribution >= 4 is 82.8 Å². The van der Waals surface area contributed by atoms with Gasteiger partial charge in [-0.2, -0.15) is 0 Å². The van der Waals surface area contributed by atoms with Crippen molar-refractivity contribution in [1.82, 2.24) is 66.6 Å². The van der Waals surface area contributed by atoms with Crippen LogP contribution in [-0.4, -0.2) is 254 Å². The summed E-state index contributed by atoms with van der Waals surface area (Å²) >= 11 is 0. The number of likely N-dealkylation sites (N-methyl/N-ethyl adjacent to an activating group) is 6. The minimum atomic E-state index is -1.71. The summed E-state index contributed by atoms with van der Waals surface area (Å²) in [5.74, 6) is -12.3. The first kappa shape index (κ1) is 90.6. The second-order valence-electron chi connectivity index (χ2n) is 29.3. The Hall–Kier alpha value is -7.46. The molecule has 100 heavy (non-hydrogen) atoms. The summed E-state index contributed by atoms with van der Waals surface area (Å²) in [6.07, 6.45) is -0.949. The molecule has 1 saturated heterocycles. The van der Waals surface area contributed by atoms with Crippen LogP contribution in [-0.2, 0) is 76.6 Å². The maximum Gasteiger partial charge on any atom is 0.329 e. The van der Waals surface area contributed by atoms with Crippen LogP contribution in [0.3, 0.4) is 0 Å². The van der Waals surface area contributed by atoms with Gasteiger partial charge in [-0.1, -0.05) is 130 Å². The number of carbonyl (C=O) groups is 14. The zero-order chi connectivity index (χ0) is 77.1. The van der Waals surface area contributed by atoms with E-state index in [0.717, 1.165) is 4.90 Å². The number of nitrogens with zero attached hydrogens (tertiary/aromatic N) is 6. The highest BCUT2D eigenvalue weighted by Crippen LogP contribution is 2.24. The lowest BCUT2D eigenvalue weighted by molar-refractivity contribution is -0.164. The van der Waals surface area contributed by atoms with Gasteiger partial charge in [0.05, 0.1) is 0 Å². The average molecular weight is 1420 g/mol. The molecule has 1 rings (SSSR count). The van der Waals surface area contributed by atoms with E-state index in [0.29, 0.717) is 19.3 Å². The smallest absolute Gasteiger partial charge is 0.329 e. The number of amides is 13. The van der Waals surface area contributed by atoms with Crippen molar-refractivity contribution in [3.8, 4) is 0 Å². The van der Waals surface area contributed by atoms with Crippen LogP contribution >= 0.6 is 0 Å². The van der Waals surface area contributed by atoms with E-state index in [1.54, 1.807) is 55.4 Å². The van der Waals surface area contributed by atoms with Crippen molar-refractivity contribution in [2.75, 3.05) is 75.6 Å². The lowest BCUT2D eigenvalue weighted by Gasteiger charge is -2.37. The molecule has 0 aromatic carbocycles. The molecule has 0 spiro atoms. The van der Waals surface area contributed by atoms with Gasteiger partial charge in [0, 0.05) is 88.3 Å². The third-order valence-electron chi connectivity index (χ3n) is 18.9. The first-order valence-corrected chi connectivity index (χ1v) is 35.8. The molecule has 29 nitrogen and oxygen atoms in total. The number of methoxy groups -OCH3 is 1. The predicted octanol–water partition coefficient (Wildman–Crippen LogP) is 2.61. The molecule has 0 aromatic heterocycles. The minimum Gasteiger partial charge on any atom is -0.458 e. The largest absolute Gasteiger partial charge is 0.458 e. The highest BCUT2D eigenvalue weighted by atomic mass is 16.5. The van der Waals surface area contributed by atoms with E-state index in [9.17, 15) is 62.3 Å². The molecule has 572 valence electrons. The van der Waals surface area contributed by atoms with Crippen LogP contribution in [0.15, 0.2) is 0 Å². The van der Waals surface area contributed by atoms with Crippen molar-refractivity contribution < 1.29 is 76.6 Å². The predicted molar refractivity (Wildman–Crippen MR) is 379 cm³/mol. The zero-order valence-electron chi connectivity index (χ0n) is 64.9. The lowest BCUT2D eigenvalue weighted by atomic mass is 9.94. The molecule has 13 amide bonds. The number of rotatable bonds is 21. The summed E-state index contributed by atoms with van der Waals surface area (Å²) in [4.78, 5) is 207. The summed E-state index contributed by atoms with van der Waals surface area (Å²) in [7, 11) is 9.79. The summed E-state index contributed by atoms with van der Waals surface area (Å²) in [5, 5.41) is 19.3. The highest BCUT2D eigenvalue weighted by molar-refractivity contribution is 5.98. The molecule has 0 radical (unpaired) electrons. The van der Waals surface area contributed by atoms with Gasteiger partial charge in [0.2, 0.25) is 76.8 Å². The molecule has 7 N–H and O–H groups in total. The van der Waals surface area contributed by atoms with E-state index in [-0.39, 0.29) is 76.1 Å². The fourth-order valence-electron chi connectivity index (χ4n) is 12.0. The Balaban J connectivity index is 4.23. The van der Waals surface area contributed by atoms with Gasteiger partial charge in [0.25, 0.3) is 0 Å².